The van der Waals surface area contributed by atoms with E-state index in [2.05, 4.69) is 32.0 Å². The summed E-state index contributed by atoms with van der Waals surface area (Å²) in [6.45, 7) is 11.9. The van der Waals surface area contributed by atoms with Crippen molar-refractivity contribution in [1.29, 1.82) is 0 Å². The second-order valence-corrected chi connectivity index (χ2v) is 14.4. The van der Waals surface area contributed by atoms with Crippen LogP contribution in [0.1, 0.15) is 57.9 Å². The molecule has 4 aliphatic rings. The van der Waals surface area contributed by atoms with Crippen LogP contribution in [0.2, 0.25) is 5.02 Å². The molecular weight excluding hydrogens is 576 g/mol. The molecular formula is C34H43ClN6O3. The van der Waals surface area contributed by atoms with E-state index in [1.54, 1.807) is 0 Å². The predicted octanol–water partition coefficient (Wildman–Crippen LogP) is 5.74. The highest BCUT2D eigenvalue weighted by molar-refractivity contribution is 6.38. The van der Waals surface area contributed by atoms with Gasteiger partial charge < -0.3 is 19.5 Å². The van der Waals surface area contributed by atoms with Gasteiger partial charge in [-0.05, 0) is 81.5 Å². The number of halogens is 1. The molecule has 2 aliphatic heterocycles. The van der Waals surface area contributed by atoms with Crippen molar-refractivity contribution in [2.24, 2.45) is 5.92 Å². The minimum atomic E-state index is -0.462. The first-order valence-electron chi connectivity index (χ1n) is 16.1. The number of hydrogen-bond acceptors (Lipinski definition) is 6. The van der Waals surface area contributed by atoms with Gasteiger partial charge in [-0.3, -0.25) is 14.6 Å². The summed E-state index contributed by atoms with van der Waals surface area (Å²) in [5.74, 6) is 1.33. The van der Waals surface area contributed by atoms with Crippen molar-refractivity contribution in [3.63, 3.8) is 0 Å². The lowest BCUT2D eigenvalue weighted by molar-refractivity contribution is -0.121. The molecule has 0 bridgehead atoms. The van der Waals surface area contributed by atoms with Crippen molar-refractivity contribution >= 4 is 40.3 Å². The number of nitrogens with one attached hydrogen (secondary N) is 1. The molecule has 0 radical (unpaired) electrons. The standard InChI is InChI=1S/C34H43ClN6O3/c1-34(2,3)44-33(43)40-12-10-39(11-13-40)26-15-22(16-26)20-38-9-14-41(29(42)21-38)25-6-4-5-24(17-25)28-19-37-32-30(31(28)35)27(18-36-32)23-7-8-23/h4-6,17-19,22-23,26H,7-16,20-21H2,1-3H3,(H,36,37). The smallest absolute Gasteiger partial charge is 0.410 e. The lowest BCUT2D eigenvalue weighted by Gasteiger charge is -2.48. The highest BCUT2D eigenvalue weighted by Gasteiger charge is 2.38. The Kier molecular flexibility index (Phi) is 7.83. The number of hydrogen-bond donors (Lipinski definition) is 1. The molecule has 2 aliphatic carbocycles. The number of nitrogens with zero attached hydrogens (tertiary/aromatic N) is 5. The van der Waals surface area contributed by atoms with Crippen molar-refractivity contribution < 1.29 is 14.3 Å². The van der Waals surface area contributed by atoms with Crippen molar-refractivity contribution in [1.82, 2.24) is 24.7 Å². The maximum Gasteiger partial charge on any atom is 0.410 e. The van der Waals surface area contributed by atoms with Crippen LogP contribution >= 0.6 is 11.6 Å². The second-order valence-electron chi connectivity index (χ2n) is 14.1. The Hall–Kier alpha value is -3.14. The molecule has 1 N–H and O–H groups in total. The van der Waals surface area contributed by atoms with Gasteiger partial charge in [0.05, 0.1) is 11.6 Å². The number of carbonyl (C=O) groups is 2. The summed E-state index contributed by atoms with van der Waals surface area (Å²) < 4.78 is 5.54. The molecule has 7 rings (SSSR count). The van der Waals surface area contributed by atoms with E-state index in [1.807, 2.05) is 55.0 Å². The van der Waals surface area contributed by atoms with Gasteiger partial charge in [0.25, 0.3) is 0 Å². The maximum absolute atomic E-state index is 13.3. The molecule has 2 amide bonds. The van der Waals surface area contributed by atoms with E-state index in [-0.39, 0.29) is 12.0 Å². The van der Waals surface area contributed by atoms with Crippen LogP contribution in [0.4, 0.5) is 10.5 Å². The van der Waals surface area contributed by atoms with Gasteiger partial charge in [-0.1, -0.05) is 23.7 Å². The molecule has 0 unspecified atom stereocenters. The van der Waals surface area contributed by atoms with Crippen LogP contribution in [0.3, 0.4) is 0 Å². The number of ether oxygens (including phenoxy) is 1. The third-order valence-electron chi connectivity index (χ3n) is 9.66. The number of piperazine rings is 2. The highest BCUT2D eigenvalue weighted by Crippen LogP contribution is 2.46. The number of amides is 2. The van der Waals surface area contributed by atoms with Crippen LogP contribution in [-0.2, 0) is 9.53 Å². The molecule has 9 nitrogen and oxygen atoms in total. The van der Waals surface area contributed by atoms with Gasteiger partial charge in [-0.25, -0.2) is 9.78 Å². The normalized spacial score (nSPS) is 23.7. The first kappa shape index (κ1) is 29.6. The average Bonchev–Trinajstić information content (AvgIpc) is 3.72. The van der Waals surface area contributed by atoms with Gasteiger partial charge in [0.2, 0.25) is 5.91 Å². The first-order valence-corrected chi connectivity index (χ1v) is 16.5. The Bertz CT molecular complexity index is 1550. The van der Waals surface area contributed by atoms with Crippen molar-refractivity contribution in [2.45, 2.75) is 64.0 Å². The molecule has 1 aromatic carbocycles. The number of aromatic amines is 1. The molecule has 3 aromatic rings. The highest BCUT2D eigenvalue weighted by atomic mass is 35.5. The van der Waals surface area contributed by atoms with Crippen LogP contribution < -0.4 is 4.90 Å². The molecule has 0 spiro atoms. The second kappa shape index (κ2) is 11.7. The number of anilines is 1. The number of benzene rings is 1. The van der Waals surface area contributed by atoms with Gasteiger partial charge in [-0.2, -0.15) is 0 Å². The number of carbonyl (C=O) groups excluding carboxylic acids is 2. The van der Waals surface area contributed by atoms with Gasteiger partial charge in [-0.15, -0.1) is 0 Å². The third-order valence-corrected chi connectivity index (χ3v) is 10.1. The largest absolute Gasteiger partial charge is 0.444 e. The summed E-state index contributed by atoms with van der Waals surface area (Å²) in [7, 11) is 0. The molecule has 4 fully saturated rings. The number of pyridine rings is 1. The topological polar surface area (TPSA) is 85.0 Å². The molecule has 0 atom stereocenters. The fourth-order valence-electron chi connectivity index (χ4n) is 7.10. The minimum Gasteiger partial charge on any atom is -0.444 e. The molecule has 4 heterocycles. The van der Waals surface area contributed by atoms with E-state index in [4.69, 9.17) is 16.3 Å². The summed E-state index contributed by atoms with van der Waals surface area (Å²) in [6, 6.07) is 8.72. The zero-order valence-corrected chi connectivity index (χ0v) is 26.8. The van der Waals surface area contributed by atoms with E-state index < -0.39 is 5.60 Å². The summed E-state index contributed by atoms with van der Waals surface area (Å²) in [5.41, 5.74) is 4.43. The summed E-state index contributed by atoms with van der Waals surface area (Å²) in [6.07, 6.45) is 8.40. The molecule has 10 heteroatoms. The van der Waals surface area contributed by atoms with Crippen LogP contribution in [0, 0.1) is 5.92 Å². The predicted molar refractivity (Wildman–Crippen MR) is 173 cm³/mol. The Labute approximate surface area is 264 Å². The Balaban J connectivity index is 0.913. The molecule has 2 saturated heterocycles. The quantitative estimate of drug-likeness (QED) is 0.379. The monoisotopic (exact) mass is 618 g/mol. The van der Waals surface area contributed by atoms with Crippen LogP contribution in [0.25, 0.3) is 22.2 Å². The van der Waals surface area contributed by atoms with E-state index in [9.17, 15) is 9.59 Å². The van der Waals surface area contributed by atoms with Crippen molar-refractivity contribution in [3.05, 3.63) is 47.2 Å². The fourth-order valence-corrected chi connectivity index (χ4v) is 7.46. The van der Waals surface area contributed by atoms with Gasteiger partial charge >= 0.3 is 6.09 Å². The van der Waals surface area contributed by atoms with Crippen LogP contribution in [0.15, 0.2) is 36.7 Å². The van der Waals surface area contributed by atoms with Crippen molar-refractivity contribution in [2.75, 3.05) is 57.3 Å². The average molecular weight is 619 g/mol. The minimum absolute atomic E-state index is 0.142. The van der Waals surface area contributed by atoms with E-state index >= 15 is 0 Å². The molecule has 2 aromatic heterocycles. The number of fused-ring (bicyclic) bond motifs is 1. The number of aromatic nitrogens is 2. The fraction of sp³-hybridized carbons (Fsp3) is 0.559. The zero-order chi connectivity index (χ0) is 30.6. The van der Waals surface area contributed by atoms with Gasteiger partial charge in [0, 0.05) is 80.9 Å². The molecule has 44 heavy (non-hydrogen) atoms. The zero-order valence-electron chi connectivity index (χ0n) is 26.0. The van der Waals surface area contributed by atoms with Crippen LogP contribution in [-0.4, -0.2) is 101 Å². The third kappa shape index (κ3) is 6.06. The van der Waals surface area contributed by atoms with Crippen LogP contribution in [0.5, 0.6) is 0 Å². The van der Waals surface area contributed by atoms with Crippen molar-refractivity contribution in [3.8, 4) is 11.1 Å². The molecule has 2 saturated carbocycles. The maximum atomic E-state index is 13.3. The van der Waals surface area contributed by atoms with E-state index in [0.29, 0.717) is 31.0 Å². The van der Waals surface area contributed by atoms with E-state index in [1.165, 1.54) is 18.4 Å². The lowest BCUT2D eigenvalue weighted by atomic mass is 9.78. The van der Waals surface area contributed by atoms with Gasteiger partial charge in [0.1, 0.15) is 11.2 Å². The summed E-state index contributed by atoms with van der Waals surface area (Å²) in [4.78, 5) is 42.3. The van der Waals surface area contributed by atoms with Gasteiger partial charge in [0.15, 0.2) is 0 Å². The Morgan fingerprint density at radius 3 is 2.57 bits per heavy atom. The Morgan fingerprint density at radius 1 is 1.09 bits per heavy atom. The molecule has 234 valence electrons. The lowest BCUT2D eigenvalue weighted by Crippen LogP contribution is -2.57. The summed E-state index contributed by atoms with van der Waals surface area (Å²) >= 11 is 6.98. The first-order chi connectivity index (χ1) is 21.1. The number of rotatable bonds is 6. The Morgan fingerprint density at radius 2 is 1.86 bits per heavy atom. The summed E-state index contributed by atoms with van der Waals surface area (Å²) in [5, 5.41) is 1.76. The SMILES string of the molecule is CC(C)(C)OC(=O)N1CCN(C2CC(CN3CCN(c4cccc(-c5cnc6[nH]cc(C7CC7)c6c5Cl)c4)C(=O)C3)C2)CC1. The van der Waals surface area contributed by atoms with E-state index in [0.717, 1.165) is 85.0 Å². The number of H-pyrrole nitrogens is 1.